The fraction of sp³-hybridized carbons (Fsp3) is 0.600. The van der Waals surface area contributed by atoms with E-state index in [-0.39, 0.29) is 0 Å². The Balaban J connectivity index is 2.26. The van der Waals surface area contributed by atoms with E-state index < -0.39 is 0 Å². The van der Waals surface area contributed by atoms with E-state index in [9.17, 15) is 0 Å². The molecule has 0 bridgehead atoms. The first-order chi connectivity index (χ1) is 6.81. The first-order valence-electron chi connectivity index (χ1n) is 5.07. The van der Waals surface area contributed by atoms with Gasteiger partial charge in [-0.1, -0.05) is 11.3 Å². The number of hydrogen-bond acceptors (Lipinski definition) is 3. The maximum Gasteiger partial charge on any atom is 0.0854 e. The van der Waals surface area contributed by atoms with Crippen molar-refractivity contribution in [1.29, 1.82) is 0 Å². The molecular formula is C10H16N4. The van der Waals surface area contributed by atoms with Gasteiger partial charge in [0, 0.05) is 19.6 Å². The number of rotatable bonds is 2. The van der Waals surface area contributed by atoms with Crippen molar-refractivity contribution in [2.24, 2.45) is 0 Å². The molecule has 4 nitrogen and oxygen atoms in total. The molecular weight excluding hydrogens is 176 g/mol. The molecule has 0 radical (unpaired) electrons. The van der Waals surface area contributed by atoms with Crippen LogP contribution in [0.15, 0.2) is 12.3 Å². The minimum Gasteiger partial charge on any atom is -0.302 e. The fourth-order valence-corrected chi connectivity index (χ4v) is 1.82. The SMILES string of the molecule is CCn1nncc1C1=CCCN(C)C1. The number of aryl methyl sites for hydroxylation is 1. The summed E-state index contributed by atoms with van der Waals surface area (Å²) in [4.78, 5) is 2.32. The van der Waals surface area contributed by atoms with E-state index in [2.05, 4.69) is 35.3 Å². The molecule has 1 aromatic heterocycles. The highest BCUT2D eigenvalue weighted by Crippen LogP contribution is 2.18. The minimum atomic E-state index is 0.885. The molecule has 1 aliphatic heterocycles. The van der Waals surface area contributed by atoms with E-state index in [0.717, 1.165) is 26.1 Å². The van der Waals surface area contributed by atoms with E-state index in [1.54, 1.807) is 0 Å². The number of hydrogen-bond donors (Lipinski definition) is 0. The van der Waals surface area contributed by atoms with Gasteiger partial charge in [-0.3, -0.25) is 0 Å². The van der Waals surface area contributed by atoms with Crippen molar-refractivity contribution in [2.45, 2.75) is 19.9 Å². The summed E-state index contributed by atoms with van der Waals surface area (Å²) in [5.74, 6) is 0. The molecule has 0 unspecified atom stereocenters. The summed E-state index contributed by atoms with van der Waals surface area (Å²) in [6, 6.07) is 0. The lowest BCUT2D eigenvalue weighted by atomic mass is 10.1. The maximum atomic E-state index is 4.04. The van der Waals surface area contributed by atoms with E-state index in [1.165, 1.54) is 11.3 Å². The minimum absolute atomic E-state index is 0.885. The lowest BCUT2D eigenvalue weighted by Crippen LogP contribution is -2.25. The molecule has 2 rings (SSSR count). The molecule has 0 spiro atoms. The Morgan fingerprint density at radius 3 is 3.07 bits per heavy atom. The van der Waals surface area contributed by atoms with Crippen molar-refractivity contribution in [3.63, 3.8) is 0 Å². The Hall–Kier alpha value is -1.16. The van der Waals surface area contributed by atoms with Gasteiger partial charge in [-0.15, -0.1) is 5.10 Å². The van der Waals surface area contributed by atoms with Crippen LogP contribution < -0.4 is 0 Å². The van der Waals surface area contributed by atoms with E-state index >= 15 is 0 Å². The van der Waals surface area contributed by atoms with E-state index in [0.29, 0.717) is 0 Å². The second-order valence-electron chi connectivity index (χ2n) is 3.69. The van der Waals surface area contributed by atoms with Crippen molar-refractivity contribution in [3.05, 3.63) is 18.0 Å². The molecule has 0 atom stereocenters. The number of likely N-dealkylation sites (N-methyl/N-ethyl adjacent to an activating group) is 1. The molecule has 0 fully saturated rings. The second-order valence-corrected chi connectivity index (χ2v) is 3.69. The van der Waals surface area contributed by atoms with Crippen molar-refractivity contribution in [1.82, 2.24) is 19.9 Å². The third-order valence-electron chi connectivity index (χ3n) is 2.59. The first kappa shape index (κ1) is 9.40. The summed E-state index contributed by atoms with van der Waals surface area (Å²) in [5, 5.41) is 7.99. The van der Waals surface area contributed by atoms with Crippen LogP contribution in [0.2, 0.25) is 0 Å². The van der Waals surface area contributed by atoms with Gasteiger partial charge in [-0.25, -0.2) is 4.68 Å². The molecule has 0 amide bonds. The summed E-state index contributed by atoms with van der Waals surface area (Å²) >= 11 is 0. The summed E-state index contributed by atoms with van der Waals surface area (Å²) in [6.45, 7) is 5.13. The molecule has 0 aliphatic carbocycles. The van der Waals surface area contributed by atoms with Crippen molar-refractivity contribution in [2.75, 3.05) is 20.1 Å². The molecule has 0 saturated carbocycles. The van der Waals surface area contributed by atoms with E-state index in [1.807, 2.05) is 10.9 Å². The van der Waals surface area contributed by atoms with Crippen molar-refractivity contribution < 1.29 is 0 Å². The topological polar surface area (TPSA) is 34.0 Å². The Morgan fingerprint density at radius 2 is 2.36 bits per heavy atom. The Labute approximate surface area is 84.2 Å². The van der Waals surface area contributed by atoms with Gasteiger partial charge in [-0.05, 0) is 26.0 Å². The first-order valence-corrected chi connectivity index (χ1v) is 5.07. The molecule has 0 saturated heterocycles. The van der Waals surface area contributed by atoms with Gasteiger partial charge in [0.1, 0.15) is 0 Å². The smallest absolute Gasteiger partial charge is 0.0854 e. The standard InChI is InChI=1S/C10H16N4/c1-3-14-10(7-11-12-14)9-5-4-6-13(2)8-9/h5,7H,3-4,6,8H2,1-2H3. The van der Waals surface area contributed by atoms with Gasteiger partial charge in [-0.2, -0.15) is 0 Å². The molecule has 4 heteroatoms. The second kappa shape index (κ2) is 3.92. The highest BCUT2D eigenvalue weighted by molar-refractivity contribution is 5.64. The lowest BCUT2D eigenvalue weighted by Gasteiger charge is -2.22. The average molecular weight is 192 g/mol. The average Bonchev–Trinajstić information content (AvgIpc) is 2.65. The van der Waals surface area contributed by atoms with Crippen molar-refractivity contribution >= 4 is 5.57 Å². The molecule has 14 heavy (non-hydrogen) atoms. The summed E-state index contributed by atoms with van der Waals surface area (Å²) < 4.78 is 1.95. The largest absolute Gasteiger partial charge is 0.302 e. The van der Waals surface area contributed by atoms with Crippen molar-refractivity contribution in [3.8, 4) is 0 Å². The van der Waals surface area contributed by atoms with Crippen LogP contribution in [0.4, 0.5) is 0 Å². The van der Waals surface area contributed by atoms with Gasteiger partial charge >= 0.3 is 0 Å². The normalized spacial score (nSPS) is 18.3. The number of nitrogens with zero attached hydrogens (tertiary/aromatic N) is 4. The molecule has 0 aromatic carbocycles. The zero-order chi connectivity index (χ0) is 9.97. The van der Waals surface area contributed by atoms with Crippen LogP contribution in [-0.4, -0.2) is 40.0 Å². The van der Waals surface area contributed by atoms with Crippen LogP contribution in [0.3, 0.4) is 0 Å². The molecule has 76 valence electrons. The number of aromatic nitrogens is 3. The van der Waals surface area contributed by atoms with Gasteiger partial charge in [0.15, 0.2) is 0 Å². The van der Waals surface area contributed by atoms with Crippen LogP contribution in [0, 0.1) is 0 Å². The Bertz CT molecular complexity index is 340. The highest BCUT2D eigenvalue weighted by atomic mass is 15.4. The molecule has 0 N–H and O–H groups in total. The third kappa shape index (κ3) is 1.70. The van der Waals surface area contributed by atoms with Gasteiger partial charge in [0.05, 0.1) is 11.9 Å². The van der Waals surface area contributed by atoms with Crippen LogP contribution in [0.5, 0.6) is 0 Å². The summed E-state index contributed by atoms with van der Waals surface area (Å²) in [7, 11) is 2.15. The van der Waals surface area contributed by atoms with Crippen LogP contribution in [0.25, 0.3) is 5.57 Å². The molecule has 1 aliphatic rings. The zero-order valence-electron chi connectivity index (χ0n) is 8.77. The highest BCUT2D eigenvalue weighted by Gasteiger charge is 2.13. The quantitative estimate of drug-likeness (QED) is 0.701. The Morgan fingerprint density at radius 1 is 1.50 bits per heavy atom. The van der Waals surface area contributed by atoms with Gasteiger partial charge in [0.25, 0.3) is 0 Å². The predicted octanol–water partition coefficient (Wildman–Crippen LogP) is 1.02. The maximum absolute atomic E-state index is 4.04. The summed E-state index contributed by atoms with van der Waals surface area (Å²) in [5.41, 5.74) is 2.52. The lowest BCUT2D eigenvalue weighted by molar-refractivity contribution is 0.371. The summed E-state index contributed by atoms with van der Waals surface area (Å²) in [6.07, 6.45) is 5.28. The van der Waals surface area contributed by atoms with Crippen LogP contribution in [0.1, 0.15) is 19.0 Å². The predicted molar refractivity (Wildman–Crippen MR) is 55.8 cm³/mol. The van der Waals surface area contributed by atoms with Gasteiger partial charge < -0.3 is 4.90 Å². The fourth-order valence-electron chi connectivity index (χ4n) is 1.82. The van der Waals surface area contributed by atoms with E-state index in [4.69, 9.17) is 0 Å². The zero-order valence-corrected chi connectivity index (χ0v) is 8.77. The Kier molecular flexibility index (Phi) is 2.63. The van der Waals surface area contributed by atoms with Crippen LogP contribution >= 0.6 is 0 Å². The van der Waals surface area contributed by atoms with Crippen LogP contribution in [-0.2, 0) is 6.54 Å². The molecule has 2 heterocycles. The van der Waals surface area contributed by atoms with Gasteiger partial charge in [0.2, 0.25) is 0 Å². The third-order valence-corrected chi connectivity index (χ3v) is 2.59. The monoisotopic (exact) mass is 192 g/mol. The molecule has 1 aromatic rings.